The third-order valence-electron chi connectivity index (χ3n) is 6.55. The molecule has 0 spiro atoms. The lowest BCUT2D eigenvalue weighted by molar-refractivity contribution is -0.145. The molecule has 0 saturated heterocycles. The molecule has 0 aliphatic rings. The van der Waals surface area contributed by atoms with E-state index in [1.54, 1.807) is 0 Å². The van der Waals surface area contributed by atoms with E-state index in [9.17, 15) is 4.79 Å². The summed E-state index contributed by atoms with van der Waals surface area (Å²) in [5.74, 6) is -0.198. The van der Waals surface area contributed by atoms with Gasteiger partial charge in [0.2, 0.25) is 0 Å². The first-order chi connectivity index (χ1) is 19.8. The maximum atomic E-state index is 13.3. The summed E-state index contributed by atoms with van der Waals surface area (Å²) in [5.41, 5.74) is 0.994. The molecule has 0 radical (unpaired) electrons. The maximum absolute atomic E-state index is 13.3. The number of carbonyl (C=O) groups excluding carboxylic acids is 1. The summed E-state index contributed by atoms with van der Waals surface area (Å²) in [6.07, 6.45) is 1.53. The molecule has 200 valence electrons. The van der Waals surface area contributed by atoms with Gasteiger partial charge in [0.1, 0.15) is 6.61 Å². The number of esters is 1. The van der Waals surface area contributed by atoms with Crippen LogP contribution in [0.1, 0.15) is 5.56 Å². The summed E-state index contributed by atoms with van der Waals surface area (Å²) in [6.45, 7) is 0.523. The minimum atomic E-state index is -0.714. The Morgan fingerprint density at radius 2 is 0.825 bits per heavy atom. The second kappa shape index (κ2) is 14.7. The highest BCUT2D eigenvalue weighted by Gasteiger charge is 2.24. The van der Waals surface area contributed by atoms with E-state index in [4.69, 9.17) is 4.74 Å². The molecule has 40 heavy (non-hydrogen) atoms. The smallest absolute Gasteiger partial charge is 0.320 e. The molecular weight excluding hydrogens is 528 g/mol. The second-order valence-corrected chi connectivity index (χ2v) is 13.8. The summed E-state index contributed by atoms with van der Waals surface area (Å²) in [6, 6.07) is 52.6. The largest absolute Gasteiger partial charge is 0.460 e. The van der Waals surface area contributed by atoms with Gasteiger partial charge >= 0.3 is 5.97 Å². The fourth-order valence-corrected chi connectivity index (χ4v) is 9.30. The third kappa shape index (κ3) is 7.96. The molecule has 0 saturated carbocycles. The molecule has 5 aromatic rings. The van der Waals surface area contributed by atoms with Gasteiger partial charge in [-0.05, 0) is 42.6 Å². The van der Waals surface area contributed by atoms with Gasteiger partial charge in [-0.1, -0.05) is 152 Å². The third-order valence-corrected chi connectivity index (χ3v) is 11.6. The Hall–Kier alpha value is -3.61. The van der Waals surface area contributed by atoms with Crippen molar-refractivity contribution < 1.29 is 9.53 Å². The molecule has 0 heterocycles. The Morgan fingerprint density at radius 3 is 1.18 bits per heavy atom. The van der Waals surface area contributed by atoms with Gasteiger partial charge in [-0.3, -0.25) is 9.69 Å². The van der Waals surface area contributed by atoms with E-state index in [0.717, 1.165) is 18.1 Å². The van der Waals surface area contributed by atoms with Gasteiger partial charge in [0, 0.05) is 12.6 Å². The van der Waals surface area contributed by atoms with Gasteiger partial charge < -0.3 is 4.74 Å². The van der Waals surface area contributed by atoms with Crippen molar-refractivity contribution in [3.05, 3.63) is 157 Å². The van der Waals surface area contributed by atoms with Crippen LogP contribution in [0, 0.1) is 0 Å². The predicted octanol–water partition coefficient (Wildman–Crippen LogP) is 6.21. The average Bonchev–Trinajstić information content (AvgIpc) is 3.03. The van der Waals surface area contributed by atoms with Crippen LogP contribution in [0.5, 0.6) is 0 Å². The minimum Gasteiger partial charge on any atom is -0.460 e. The van der Waals surface area contributed by atoms with Crippen LogP contribution < -0.4 is 21.2 Å². The van der Waals surface area contributed by atoms with Gasteiger partial charge in [0.25, 0.3) is 0 Å². The number of hydrogen-bond acceptors (Lipinski definition) is 3. The summed E-state index contributed by atoms with van der Waals surface area (Å²) < 4.78 is 5.78. The Labute approximate surface area is 240 Å². The lowest BCUT2D eigenvalue weighted by Gasteiger charge is -2.31. The molecular formula is C35H33NO2P2. The van der Waals surface area contributed by atoms with Crippen molar-refractivity contribution in [1.29, 1.82) is 0 Å². The first-order valence-electron chi connectivity index (χ1n) is 13.4. The molecule has 0 atom stereocenters. The highest BCUT2D eigenvalue weighted by Crippen LogP contribution is 2.39. The molecule has 0 unspecified atom stereocenters. The Morgan fingerprint density at radius 1 is 0.500 bits per heavy atom. The fourth-order valence-electron chi connectivity index (χ4n) is 4.57. The molecule has 3 nitrogen and oxygen atoms in total. The summed E-state index contributed by atoms with van der Waals surface area (Å²) >= 11 is 0. The molecule has 5 aromatic carbocycles. The van der Waals surface area contributed by atoms with Gasteiger partial charge in [-0.25, -0.2) is 0 Å². The monoisotopic (exact) mass is 561 g/mol. The Balaban J connectivity index is 1.45. The van der Waals surface area contributed by atoms with Crippen LogP contribution in [-0.2, 0) is 16.1 Å². The normalized spacial score (nSPS) is 11.2. The van der Waals surface area contributed by atoms with E-state index >= 15 is 0 Å². The first kappa shape index (κ1) is 27.9. The van der Waals surface area contributed by atoms with E-state index in [-0.39, 0.29) is 19.1 Å². The quantitative estimate of drug-likeness (QED) is 0.134. The van der Waals surface area contributed by atoms with Crippen molar-refractivity contribution >= 4 is 43.0 Å². The van der Waals surface area contributed by atoms with Gasteiger partial charge in [-0.2, -0.15) is 0 Å². The van der Waals surface area contributed by atoms with Crippen LogP contribution >= 0.6 is 15.8 Å². The zero-order valence-corrected chi connectivity index (χ0v) is 24.2. The number of ether oxygens (including phenoxy) is 1. The van der Waals surface area contributed by atoms with E-state index in [1.165, 1.54) is 21.2 Å². The summed E-state index contributed by atoms with van der Waals surface area (Å²) in [4.78, 5) is 15.6. The van der Waals surface area contributed by atoms with Crippen LogP contribution in [-0.4, -0.2) is 30.0 Å². The van der Waals surface area contributed by atoms with Crippen LogP contribution in [0.4, 0.5) is 0 Å². The molecule has 0 aliphatic heterocycles. The summed E-state index contributed by atoms with van der Waals surface area (Å²) in [5, 5.41) is 5.20. The summed E-state index contributed by atoms with van der Waals surface area (Å²) in [7, 11) is -1.43. The van der Waals surface area contributed by atoms with Crippen molar-refractivity contribution in [3.63, 3.8) is 0 Å². The second-order valence-electron chi connectivity index (χ2n) is 9.46. The highest BCUT2D eigenvalue weighted by molar-refractivity contribution is 7.73. The number of carbonyl (C=O) groups is 1. The van der Waals surface area contributed by atoms with Crippen molar-refractivity contribution in [2.24, 2.45) is 0 Å². The highest BCUT2D eigenvalue weighted by atomic mass is 31.1. The predicted molar refractivity (Wildman–Crippen MR) is 171 cm³/mol. The minimum absolute atomic E-state index is 0.198. The lowest BCUT2D eigenvalue weighted by atomic mass is 10.2. The zero-order chi connectivity index (χ0) is 27.4. The van der Waals surface area contributed by atoms with Crippen LogP contribution in [0.3, 0.4) is 0 Å². The van der Waals surface area contributed by atoms with Crippen molar-refractivity contribution in [1.82, 2.24) is 4.90 Å². The SMILES string of the molecule is O=C(CN(CP(c1ccccc1)c1ccccc1)CP(c1ccccc1)c1ccccc1)OCc1ccccc1. The van der Waals surface area contributed by atoms with E-state index in [2.05, 4.69) is 126 Å². The van der Waals surface area contributed by atoms with E-state index in [1.807, 2.05) is 30.3 Å². The molecule has 0 bridgehead atoms. The maximum Gasteiger partial charge on any atom is 0.320 e. The fraction of sp³-hybridized carbons (Fsp3) is 0.114. The van der Waals surface area contributed by atoms with Crippen LogP contribution in [0.2, 0.25) is 0 Å². The number of benzene rings is 5. The standard InChI is InChI=1S/C35H33NO2P2/c37-35(38-27-30-16-6-1-7-17-30)26-36(28-39(31-18-8-2-9-19-31)32-20-10-3-11-21-32)29-40(33-22-12-4-13-23-33)34-24-14-5-15-25-34/h1-25H,26-29H2. The van der Waals surface area contributed by atoms with Gasteiger partial charge in [0.05, 0.1) is 6.54 Å². The zero-order valence-electron chi connectivity index (χ0n) is 22.4. The lowest BCUT2D eigenvalue weighted by Crippen LogP contribution is -2.36. The molecule has 0 N–H and O–H groups in total. The molecule has 5 rings (SSSR count). The van der Waals surface area contributed by atoms with Crippen LogP contribution in [0.15, 0.2) is 152 Å². The Kier molecular flexibility index (Phi) is 10.3. The average molecular weight is 562 g/mol. The Bertz CT molecular complexity index is 1270. The molecule has 0 amide bonds. The number of rotatable bonds is 12. The number of nitrogens with zero attached hydrogens (tertiary/aromatic N) is 1. The number of hydrogen-bond donors (Lipinski definition) is 0. The van der Waals surface area contributed by atoms with Crippen molar-refractivity contribution in [2.75, 3.05) is 19.1 Å². The molecule has 0 fully saturated rings. The van der Waals surface area contributed by atoms with E-state index < -0.39 is 15.8 Å². The van der Waals surface area contributed by atoms with E-state index in [0.29, 0.717) is 0 Å². The molecule has 5 heteroatoms. The van der Waals surface area contributed by atoms with Crippen molar-refractivity contribution in [2.45, 2.75) is 6.61 Å². The topological polar surface area (TPSA) is 29.5 Å². The molecule has 0 aromatic heterocycles. The van der Waals surface area contributed by atoms with Crippen LogP contribution in [0.25, 0.3) is 0 Å². The molecule has 0 aliphatic carbocycles. The van der Waals surface area contributed by atoms with Gasteiger partial charge in [-0.15, -0.1) is 0 Å². The van der Waals surface area contributed by atoms with Crippen molar-refractivity contribution in [3.8, 4) is 0 Å². The first-order valence-corrected chi connectivity index (χ1v) is 16.5. The van der Waals surface area contributed by atoms with Gasteiger partial charge in [0.15, 0.2) is 0 Å².